The average Bonchev–Trinajstić information content (AvgIpc) is 2.26. The highest BCUT2D eigenvalue weighted by Crippen LogP contribution is 2.22. The zero-order valence-electron chi connectivity index (χ0n) is 8.64. The summed E-state index contributed by atoms with van der Waals surface area (Å²) >= 11 is 5.88. The molecular weight excluding hydrogens is 226 g/mol. The molecule has 2 N–H and O–H groups in total. The van der Waals surface area contributed by atoms with Crippen LogP contribution in [0.1, 0.15) is 0 Å². The Morgan fingerprint density at radius 1 is 1.12 bits per heavy atom. The van der Waals surface area contributed by atoms with Crippen molar-refractivity contribution < 1.29 is 14.8 Å². The van der Waals surface area contributed by atoms with Crippen LogP contribution < -0.4 is 10.2 Å². The number of benzene rings is 2. The first-order chi connectivity index (χ1) is 7.61. The van der Waals surface area contributed by atoms with Gasteiger partial charge in [-0.1, -0.05) is 23.7 Å². The first-order valence-corrected chi connectivity index (χ1v) is 5.13. The number of hydrogen-bond acceptors (Lipinski definition) is 3. The van der Waals surface area contributed by atoms with Gasteiger partial charge in [0.25, 0.3) is 0 Å². The Balaban J connectivity index is 2.70. The summed E-state index contributed by atoms with van der Waals surface area (Å²) in [5.74, 6) is 0.435. The van der Waals surface area contributed by atoms with Crippen molar-refractivity contribution in [2.24, 2.45) is 0 Å². The van der Waals surface area contributed by atoms with Crippen LogP contribution in [0.15, 0.2) is 30.3 Å². The summed E-state index contributed by atoms with van der Waals surface area (Å²) in [4.78, 5) is 0. The number of rotatable bonds is 2. The van der Waals surface area contributed by atoms with E-state index in [1.54, 1.807) is 24.3 Å². The van der Waals surface area contributed by atoms with E-state index in [4.69, 9.17) is 16.3 Å². The van der Waals surface area contributed by atoms with E-state index in [-0.39, 0.29) is 0 Å². The van der Waals surface area contributed by atoms with Crippen molar-refractivity contribution in [1.82, 2.24) is 0 Å². The van der Waals surface area contributed by atoms with Crippen LogP contribution in [0.4, 0.5) is 0 Å². The molecule has 0 atom stereocenters. The van der Waals surface area contributed by atoms with Crippen molar-refractivity contribution in [2.45, 2.75) is 0 Å². The molecule has 0 aliphatic heterocycles. The minimum absolute atomic E-state index is 0.345. The van der Waals surface area contributed by atoms with Gasteiger partial charge in [0.1, 0.15) is 5.75 Å². The van der Waals surface area contributed by atoms with Crippen molar-refractivity contribution in [3.05, 3.63) is 35.4 Å². The molecule has 0 unspecified atom stereocenters. The number of halogens is 1. The quantitative estimate of drug-likeness (QED) is 0.770. The van der Waals surface area contributed by atoms with Crippen LogP contribution in [0.3, 0.4) is 0 Å². The van der Waals surface area contributed by atoms with Crippen LogP contribution in [0, 0.1) is 0 Å². The molecule has 2 aromatic rings. The van der Waals surface area contributed by atoms with Gasteiger partial charge >= 0.3 is 7.12 Å². The van der Waals surface area contributed by atoms with Gasteiger partial charge in [-0.3, -0.25) is 0 Å². The van der Waals surface area contributed by atoms with Crippen molar-refractivity contribution in [2.75, 3.05) is 7.11 Å². The van der Waals surface area contributed by atoms with Crippen LogP contribution >= 0.6 is 11.6 Å². The van der Waals surface area contributed by atoms with E-state index in [1.807, 2.05) is 6.07 Å². The summed E-state index contributed by atoms with van der Waals surface area (Å²) in [6, 6.07) is 8.78. The van der Waals surface area contributed by atoms with Crippen molar-refractivity contribution in [3.8, 4) is 5.75 Å². The Morgan fingerprint density at radius 2 is 1.88 bits per heavy atom. The highest BCUT2D eigenvalue weighted by atomic mass is 35.5. The molecule has 0 saturated heterocycles. The fraction of sp³-hybridized carbons (Fsp3) is 0.0909. The van der Waals surface area contributed by atoms with Gasteiger partial charge < -0.3 is 14.8 Å². The molecule has 0 amide bonds. The molecule has 0 aliphatic rings. The second kappa shape index (κ2) is 4.33. The third kappa shape index (κ3) is 2.00. The molecule has 0 saturated carbocycles. The lowest BCUT2D eigenvalue weighted by Gasteiger charge is -2.09. The van der Waals surface area contributed by atoms with Crippen LogP contribution in [-0.4, -0.2) is 24.3 Å². The molecule has 3 nitrogen and oxygen atoms in total. The zero-order chi connectivity index (χ0) is 11.7. The largest absolute Gasteiger partial charge is 0.497 e. The van der Waals surface area contributed by atoms with E-state index in [0.717, 1.165) is 10.8 Å². The normalized spacial score (nSPS) is 10.5. The van der Waals surface area contributed by atoms with E-state index >= 15 is 0 Å². The first kappa shape index (κ1) is 11.3. The van der Waals surface area contributed by atoms with Gasteiger partial charge in [-0.25, -0.2) is 0 Å². The molecular formula is C11H10BClO3. The minimum atomic E-state index is -1.55. The Bertz CT molecular complexity index is 528. The van der Waals surface area contributed by atoms with Gasteiger partial charge in [-0.05, 0) is 29.0 Å². The van der Waals surface area contributed by atoms with Crippen LogP contribution in [0.2, 0.25) is 5.02 Å². The lowest BCUT2D eigenvalue weighted by atomic mass is 9.78. The fourth-order valence-electron chi connectivity index (χ4n) is 1.64. The SMILES string of the molecule is COc1cc2cc(Cl)ccc2cc1B(O)O. The summed E-state index contributed by atoms with van der Waals surface area (Å²) in [5, 5.41) is 20.8. The average molecular weight is 236 g/mol. The van der Waals surface area contributed by atoms with E-state index < -0.39 is 7.12 Å². The molecule has 0 heterocycles. The lowest BCUT2D eigenvalue weighted by molar-refractivity contribution is 0.403. The second-order valence-corrected chi connectivity index (χ2v) is 3.90. The standard InChI is InChI=1S/C11H10BClO3/c1-16-11-6-8-4-9(13)3-2-7(8)5-10(11)12(14)15/h2-6,14-15H,1H3. The fourth-order valence-corrected chi connectivity index (χ4v) is 1.82. The minimum Gasteiger partial charge on any atom is -0.497 e. The Hall–Kier alpha value is -1.23. The van der Waals surface area contributed by atoms with Crippen LogP contribution in [0.25, 0.3) is 10.8 Å². The maximum absolute atomic E-state index is 9.20. The molecule has 2 rings (SSSR count). The maximum Gasteiger partial charge on any atom is 0.492 e. The number of hydrogen-bond donors (Lipinski definition) is 2. The predicted molar refractivity (Wildman–Crippen MR) is 65.3 cm³/mol. The molecule has 82 valence electrons. The van der Waals surface area contributed by atoms with Crippen molar-refractivity contribution >= 4 is 35.0 Å². The molecule has 0 aromatic heterocycles. The highest BCUT2D eigenvalue weighted by Gasteiger charge is 2.17. The van der Waals surface area contributed by atoms with E-state index in [0.29, 0.717) is 16.2 Å². The lowest BCUT2D eigenvalue weighted by Crippen LogP contribution is -2.31. The van der Waals surface area contributed by atoms with Gasteiger partial charge in [0.2, 0.25) is 0 Å². The molecule has 2 aromatic carbocycles. The number of ether oxygens (including phenoxy) is 1. The van der Waals surface area contributed by atoms with Gasteiger partial charge in [0.15, 0.2) is 0 Å². The molecule has 5 heteroatoms. The van der Waals surface area contributed by atoms with Crippen molar-refractivity contribution in [1.29, 1.82) is 0 Å². The molecule has 0 radical (unpaired) electrons. The molecule has 0 aliphatic carbocycles. The summed E-state index contributed by atoms with van der Waals surface area (Å²) in [6.45, 7) is 0. The molecule has 0 bridgehead atoms. The summed E-state index contributed by atoms with van der Waals surface area (Å²) < 4.78 is 5.09. The zero-order valence-corrected chi connectivity index (χ0v) is 9.40. The van der Waals surface area contributed by atoms with E-state index in [2.05, 4.69) is 0 Å². The summed E-state index contributed by atoms with van der Waals surface area (Å²) in [7, 11) is -0.0625. The maximum atomic E-state index is 9.20. The van der Waals surface area contributed by atoms with Crippen LogP contribution in [0.5, 0.6) is 5.75 Å². The van der Waals surface area contributed by atoms with E-state index in [9.17, 15) is 10.0 Å². The number of methoxy groups -OCH3 is 1. The smallest absolute Gasteiger partial charge is 0.492 e. The van der Waals surface area contributed by atoms with Gasteiger partial charge in [-0.15, -0.1) is 0 Å². The number of fused-ring (bicyclic) bond motifs is 1. The van der Waals surface area contributed by atoms with E-state index in [1.165, 1.54) is 7.11 Å². The summed E-state index contributed by atoms with van der Waals surface area (Å²) in [5.41, 5.74) is 0.345. The molecule has 16 heavy (non-hydrogen) atoms. The molecule has 0 fully saturated rings. The third-order valence-corrected chi connectivity index (χ3v) is 2.66. The Morgan fingerprint density at radius 3 is 2.50 bits per heavy atom. The van der Waals surface area contributed by atoms with Crippen LogP contribution in [-0.2, 0) is 0 Å². The predicted octanol–water partition coefficient (Wildman–Crippen LogP) is 1.18. The monoisotopic (exact) mass is 236 g/mol. The highest BCUT2D eigenvalue weighted by molar-refractivity contribution is 6.60. The first-order valence-electron chi connectivity index (χ1n) is 4.75. The molecule has 0 spiro atoms. The Kier molecular flexibility index (Phi) is 3.05. The van der Waals surface area contributed by atoms with Gasteiger partial charge in [0, 0.05) is 10.5 Å². The van der Waals surface area contributed by atoms with Gasteiger partial charge in [0.05, 0.1) is 7.11 Å². The Labute approximate surface area is 98.4 Å². The van der Waals surface area contributed by atoms with Crippen molar-refractivity contribution in [3.63, 3.8) is 0 Å². The summed E-state index contributed by atoms with van der Waals surface area (Å²) in [6.07, 6.45) is 0. The third-order valence-electron chi connectivity index (χ3n) is 2.43. The van der Waals surface area contributed by atoms with Gasteiger partial charge in [-0.2, -0.15) is 0 Å². The second-order valence-electron chi connectivity index (χ2n) is 3.46. The topological polar surface area (TPSA) is 49.7 Å².